The highest BCUT2D eigenvalue weighted by molar-refractivity contribution is 4.91. The maximum atomic E-state index is 10.8. The first kappa shape index (κ1) is 57.6. The maximum Gasteiger partial charge on any atom is 0.186 e. The molecule has 0 aromatic rings. The molecule has 13 atom stereocenters. The van der Waals surface area contributed by atoms with Crippen LogP contribution in [0, 0.1) is 11.8 Å². The lowest BCUT2D eigenvalue weighted by Crippen LogP contribution is -2.61. The molecule has 7 N–H and O–H groups in total. The van der Waals surface area contributed by atoms with Gasteiger partial charge in [0.25, 0.3) is 0 Å². The summed E-state index contributed by atoms with van der Waals surface area (Å²) in [6, 6.07) is 0. The lowest BCUT2D eigenvalue weighted by atomic mass is 9.98. The number of aliphatic hydroxyl groups is 7. The molecule has 0 spiro atoms. The van der Waals surface area contributed by atoms with Gasteiger partial charge in [-0.15, -0.1) is 0 Å². The molecular weight excluding hydrogens is 797 g/mol. The Morgan fingerprint density at radius 3 is 1.27 bits per heavy atom. The van der Waals surface area contributed by atoms with Crippen molar-refractivity contribution in [2.75, 3.05) is 39.6 Å². The summed E-state index contributed by atoms with van der Waals surface area (Å²) in [6.07, 6.45) is 17.8. The van der Waals surface area contributed by atoms with Crippen LogP contribution in [-0.2, 0) is 28.4 Å². The molecule has 2 rings (SSSR count). The van der Waals surface area contributed by atoms with Crippen molar-refractivity contribution in [3.63, 3.8) is 0 Å². The Hall–Kier alpha value is -0.520. The second-order valence-corrected chi connectivity index (χ2v) is 18.8. The van der Waals surface area contributed by atoms with E-state index in [1.54, 1.807) is 0 Å². The molecule has 62 heavy (non-hydrogen) atoms. The number of hydrogen-bond donors (Lipinski definition) is 7. The van der Waals surface area contributed by atoms with E-state index in [0.29, 0.717) is 19.8 Å². The predicted molar refractivity (Wildman–Crippen MR) is 243 cm³/mol. The van der Waals surface area contributed by atoms with E-state index >= 15 is 0 Å². The SMILES string of the molecule is CCC(C)CCCCCCCCCCCCCOCC(COC1OC(COC2OC(CO)C(O)C(O)C2O)C(O)C(O)C1O)OCCCCCCCCCCCCCC(C)CC. The molecule has 2 aliphatic rings. The van der Waals surface area contributed by atoms with Crippen LogP contribution in [0.15, 0.2) is 0 Å². The Bertz CT molecular complexity index is 1010. The Kier molecular flexibility index (Phi) is 34.0. The van der Waals surface area contributed by atoms with Crippen LogP contribution < -0.4 is 0 Å². The molecule has 370 valence electrons. The van der Waals surface area contributed by atoms with Gasteiger partial charge in [0, 0.05) is 13.2 Å². The lowest BCUT2D eigenvalue weighted by Gasteiger charge is -2.42. The van der Waals surface area contributed by atoms with E-state index < -0.39 is 80.7 Å². The molecule has 13 unspecified atom stereocenters. The van der Waals surface area contributed by atoms with E-state index in [4.69, 9.17) is 28.4 Å². The van der Waals surface area contributed by atoms with Crippen LogP contribution >= 0.6 is 0 Å². The Labute approximate surface area is 376 Å². The molecule has 0 bridgehead atoms. The second kappa shape index (κ2) is 36.6. The van der Waals surface area contributed by atoms with Crippen molar-refractivity contribution in [3.05, 3.63) is 0 Å². The van der Waals surface area contributed by atoms with Gasteiger partial charge in [0.15, 0.2) is 12.6 Å². The minimum Gasteiger partial charge on any atom is -0.394 e. The van der Waals surface area contributed by atoms with Gasteiger partial charge in [-0.3, -0.25) is 0 Å². The first-order valence-electron chi connectivity index (χ1n) is 25.5. The van der Waals surface area contributed by atoms with Crippen LogP contribution in [0.1, 0.15) is 195 Å². The third-order valence-electron chi connectivity index (χ3n) is 13.3. The summed E-state index contributed by atoms with van der Waals surface area (Å²) in [7, 11) is 0. The molecule has 2 heterocycles. The normalized spacial score (nSPS) is 28.3. The van der Waals surface area contributed by atoms with E-state index in [2.05, 4.69) is 27.7 Å². The van der Waals surface area contributed by atoms with Crippen LogP contribution in [0.4, 0.5) is 0 Å². The Morgan fingerprint density at radius 1 is 0.435 bits per heavy atom. The fourth-order valence-electron chi connectivity index (χ4n) is 8.28. The molecule has 0 amide bonds. The highest BCUT2D eigenvalue weighted by atomic mass is 16.7. The molecule has 2 aliphatic heterocycles. The second-order valence-electron chi connectivity index (χ2n) is 18.8. The number of aliphatic hydroxyl groups excluding tert-OH is 7. The largest absolute Gasteiger partial charge is 0.394 e. The van der Waals surface area contributed by atoms with E-state index in [9.17, 15) is 35.7 Å². The van der Waals surface area contributed by atoms with Crippen LogP contribution in [0.5, 0.6) is 0 Å². The van der Waals surface area contributed by atoms with E-state index in [0.717, 1.165) is 37.5 Å². The van der Waals surface area contributed by atoms with Crippen LogP contribution in [0.2, 0.25) is 0 Å². The van der Waals surface area contributed by atoms with Gasteiger partial charge < -0.3 is 64.2 Å². The summed E-state index contributed by atoms with van der Waals surface area (Å²) in [6.45, 7) is 9.68. The van der Waals surface area contributed by atoms with Crippen molar-refractivity contribution in [1.29, 1.82) is 0 Å². The lowest BCUT2D eigenvalue weighted by molar-refractivity contribution is -0.333. The van der Waals surface area contributed by atoms with Crippen molar-refractivity contribution in [2.24, 2.45) is 11.8 Å². The smallest absolute Gasteiger partial charge is 0.186 e. The van der Waals surface area contributed by atoms with Gasteiger partial charge in [-0.2, -0.15) is 0 Å². The average molecular weight is 893 g/mol. The summed E-state index contributed by atoms with van der Waals surface area (Å²) in [5.74, 6) is 1.72. The molecule has 0 aromatic carbocycles. The zero-order chi connectivity index (χ0) is 45.4. The summed E-state index contributed by atoms with van der Waals surface area (Å²) >= 11 is 0. The first-order valence-corrected chi connectivity index (χ1v) is 25.5. The quantitative estimate of drug-likeness (QED) is 0.0299. The van der Waals surface area contributed by atoms with Gasteiger partial charge in [-0.05, 0) is 24.7 Å². The average Bonchev–Trinajstić information content (AvgIpc) is 3.27. The summed E-state index contributed by atoms with van der Waals surface area (Å²) < 4.78 is 35.0. The van der Waals surface area contributed by atoms with E-state index in [-0.39, 0.29) is 6.61 Å². The standard InChI is InChI=1S/C49H96O13/c1-5-37(3)29-25-21-17-13-9-7-11-15-19-23-27-31-57-34-39(58-32-28-24-20-16-12-8-10-14-18-22-26-30-38(4)6-2)35-59-48-47(56)45(54)43(52)41(62-48)36-60-49-46(55)44(53)42(51)40(33-50)61-49/h37-56H,5-36H2,1-4H3. The van der Waals surface area contributed by atoms with Crippen molar-refractivity contribution < 1.29 is 64.2 Å². The number of ether oxygens (including phenoxy) is 6. The number of unbranched alkanes of at least 4 members (excludes halogenated alkanes) is 20. The highest BCUT2D eigenvalue weighted by Crippen LogP contribution is 2.27. The maximum absolute atomic E-state index is 10.8. The predicted octanol–water partition coefficient (Wildman–Crippen LogP) is 7.48. The fourth-order valence-corrected chi connectivity index (χ4v) is 8.28. The summed E-state index contributed by atoms with van der Waals surface area (Å²) in [5.41, 5.74) is 0. The minimum atomic E-state index is -1.65. The van der Waals surface area contributed by atoms with Crippen molar-refractivity contribution in [2.45, 2.75) is 262 Å². The van der Waals surface area contributed by atoms with Crippen LogP contribution in [0.25, 0.3) is 0 Å². The van der Waals surface area contributed by atoms with E-state index in [1.165, 1.54) is 141 Å². The van der Waals surface area contributed by atoms with Gasteiger partial charge in [-0.1, -0.05) is 182 Å². The molecule has 0 aliphatic carbocycles. The third-order valence-corrected chi connectivity index (χ3v) is 13.3. The van der Waals surface area contributed by atoms with Gasteiger partial charge in [0.1, 0.15) is 54.9 Å². The number of rotatable bonds is 40. The summed E-state index contributed by atoms with van der Waals surface area (Å²) in [5, 5.41) is 72.1. The summed E-state index contributed by atoms with van der Waals surface area (Å²) in [4.78, 5) is 0. The molecule has 2 saturated heterocycles. The molecule has 0 radical (unpaired) electrons. The Balaban J connectivity index is 1.73. The fraction of sp³-hybridized carbons (Fsp3) is 1.00. The van der Waals surface area contributed by atoms with Crippen LogP contribution in [-0.4, -0.2) is 143 Å². The molecule has 13 heteroatoms. The Morgan fingerprint density at radius 2 is 0.823 bits per heavy atom. The molecule has 13 nitrogen and oxygen atoms in total. The molecule has 2 fully saturated rings. The first-order chi connectivity index (χ1) is 30.0. The molecule has 0 saturated carbocycles. The van der Waals surface area contributed by atoms with Gasteiger partial charge in [-0.25, -0.2) is 0 Å². The van der Waals surface area contributed by atoms with Crippen molar-refractivity contribution in [1.82, 2.24) is 0 Å². The third kappa shape index (κ3) is 24.8. The monoisotopic (exact) mass is 893 g/mol. The highest BCUT2D eigenvalue weighted by Gasteiger charge is 2.47. The molecule has 0 aromatic heterocycles. The van der Waals surface area contributed by atoms with Crippen molar-refractivity contribution in [3.8, 4) is 0 Å². The van der Waals surface area contributed by atoms with E-state index in [1.807, 2.05) is 0 Å². The zero-order valence-corrected chi connectivity index (χ0v) is 39.7. The zero-order valence-electron chi connectivity index (χ0n) is 39.7. The van der Waals surface area contributed by atoms with Crippen molar-refractivity contribution >= 4 is 0 Å². The van der Waals surface area contributed by atoms with Gasteiger partial charge in [0.05, 0.1) is 26.4 Å². The van der Waals surface area contributed by atoms with Gasteiger partial charge in [0.2, 0.25) is 0 Å². The molecular formula is C49H96O13. The number of hydrogen-bond acceptors (Lipinski definition) is 13. The minimum absolute atomic E-state index is 0.0142. The van der Waals surface area contributed by atoms with Crippen LogP contribution in [0.3, 0.4) is 0 Å². The van der Waals surface area contributed by atoms with Gasteiger partial charge >= 0.3 is 0 Å². The topological polar surface area (TPSA) is 197 Å².